The van der Waals surface area contributed by atoms with Crippen molar-refractivity contribution >= 4 is 41.7 Å². The van der Waals surface area contributed by atoms with Gasteiger partial charge in [0, 0.05) is 11.6 Å². The first kappa shape index (κ1) is 35.4. The molecule has 1 aromatic carbocycles. The Balaban J connectivity index is 1.44. The van der Waals surface area contributed by atoms with Crippen LogP contribution in [0.2, 0.25) is 0 Å². The Labute approximate surface area is 277 Å². The van der Waals surface area contributed by atoms with E-state index in [0.29, 0.717) is 10.9 Å². The molecule has 2 unspecified atom stereocenters. The number of nitrogens with zero attached hydrogens (tertiary/aromatic N) is 5. The van der Waals surface area contributed by atoms with Crippen molar-refractivity contribution in [2.45, 2.75) is 71.6 Å². The maximum absolute atomic E-state index is 14.6. The van der Waals surface area contributed by atoms with E-state index in [1.807, 2.05) is 32.9 Å². The number of esters is 1. The Kier molecular flexibility index (Phi) is 9.98. The van der Waals surface area contributed by atoms with Crippen LogP contribution < -0.4 is 20.1 Å². The van der Waals surface area contributed by atoms with Gasteiger partial charge < -0.3 is 34.7 Å². The van der Waals surface area contributed by atoms with Gasteiger partial charge >= 0.3 is 13.7 Å². The van der Waals surface area contributed by atoms with Gasteiger partial charge in [-0.2, -0.15) is 15.1 Å². The summed E-state index contributed by atoms with van der Waals surface area (Å²) in [5, 5.41) is 26.2. The number of carbonyl (C=O) groups is 1. The van der Waals surface area contributed by atoms with Crippen LogP contribution in [0, 0.1) is 11.3 Å². The van der Waals surface area contributed by atoms with Crippen LogP contribution in [-0.4, -0.2) is 84.9 Å². The fraction of sp³-hybridized carbons (Fsp3) is 0.516. The highest BCUT2D eigenvalue weighted by molar-refractivity contribution is 7.52. The molecule has 1 fully saturated rings. The smallest absolute Gasteiger partial charge is 0.459 e. The number of para-hydroxylation sites is 1. The number of aromatic nitrogens is 5. The van der Waals surface area contributed by atoms with E-state index in [1.54, 1.807) is 38.2 Å². The lowest BCUT2D eigenvalue weighted by atomic mass is 9.96. The van der Waals surface area contributed by atoms with Gasteiger partial charge in [-0.15, -0.1) is 0 Å². The van der Waals surface area contributed by atoms with E-state index in [-0.39, 0.29) is 40.8 Å². The number of pyridine rings is 1. The Hall–Kier alpha value is -3.92. The summed E-state index contributed by atoms with van der Waals surface area (Å²) >= 11 is 0. The van der Waals surface area contributed by atoms with Gasteiger partial charge in [0.1, 0.15) is 29.4 Å². The molecule has 1 aliphatic rings. The third kappa shape index (κ3) is 7.38. The molecule has 0 bridgehead atoms. The summed E-state index contributed by atoms with van der Waals surface area (Å²) in [7, 11) is -3.07. The molecule has 0 spiro atoms. The zero-order valence-corrected chi connectivity index (χ0v) is 28.7. The second-order valence-corrected chi connectivity index (χ2v) is 15.0. The van der Waals surface area contributed by atoms with E-state index in [2.05, 4.69) is 25.0 Å². The number of benzene rings is 1. The Morgan fingerprint density at radius 1 is 1.19 bits per heavy atom. The molecular weight excluding hydrogens is 645 g/mol. The molecule has 1 saturated heterocycles. The van der Waals surface area contributed by atoms with E-state index >= 15 is 0 Å². The zero-order valence-electron chi connectivity index (χ0n) is 27.9. The number of aliphatic hydroxyl groups is 2. The van der Waals surface area contributed by atoms with Crippen molar-refractivity contribution in [2.24, 2.45) is 11.3 Å². The third-order valence-corrected chi connectivity index (χ3v) is 9.22. The van der Waals surface area contributed by atoms with Crippen molar-refractivity contribution in [2.75, 3.05) is 26.1 Å². The molecular formula is C31H42N7O9P. The summed E-state index contributed by atoms with van der Waals surface area (Å²) < 4.78 is 44.8. The molecule has 0 saturated carbocycles. The predicted molar refractivity (Wildman–Crippen MR) is 175 cm³/mol. The number of ether oxygens (including phenoxy) is 3. The van der Waals surface area contributed by atoms with Crippen LogP contribution in [0.4, 0.5) is 5.95 Å². The SMILES string of the molecule is COc1nc(N)nc2c1ncn2C1O[C@H](COP(=O)(N[C@H](C(=O)OCC(C)(C)C)C(C)C)Oc2cccc3cccnc23)[C@@H](O)[C@@]1(C)O. The molecule has 260 valence electrons. The van der Waals surface area contributed by atoms with Gasteiger partial charge in [0.15, 0.2) is 23.1 Å². The molecule has 0 aliphatic carbocycles. The molecule has 1 aliphatic heterocycles. The molecule has 16 nitrogen and oxygen atoms in total. The summed E-state index contributed by atoms with van der Waals surface area (Å²) in [4.78, 5) is 30.1. The van der Waals surface area contributed by atoms with Gasteiger partial charge in [0.25, 0.3) is 0 Å². The maximum Gasteiger partial charge on any atom is 0.459 e. The van der Waals surface area contributed by atoms with Crippen molar-refractivity contribution in [1.29, 1.82) is 0 Å². The van der Waals surface area contributed by atoms with Crippen LogP contribution in [0.5, 0.6) is 11.6 Å². The average molecular weight is 688 g/mol. The average Bonchev–Trinajstić information content (AvgIpc) is 3.54. The number of aliphatic hydroxyl groups excluding tert-OH is 1. The number of hydrogen-bond donors (Lipinski definition) is 4. The van der Waals surface area contributed by atoms with Crippen LogP contribution >= 0.6 is 7.75 Å². The summed E-state index contributed by atoms with van der Waals surface area (Å²) in [6.45, 7) is 10.2. The molecule has 4 aromatic rings. The fourth-order valence-electron chi connectivity index (χ4n) is 5.16. The van der Waals surface area contributed by atoms with E-state index in [0.717, 1.165) is 0 Å². The van der Waals surface area contributed by atoms with E-state index < -0.39 is 56.3 Å². The minimum absolute atomic E-state index is 0.105. The van der Waals surface area contributed by atoms with E-state index in [4.69, 9.17) is 29.0 Å². The number of imidazole rings is 1. The number of fused-ring (bicyclic) bond motifs is 2. The van der Waals surface area contributed by atoms with Crippen molar-refractivity contribution in [1.82, 2.24) is 29.6 Å². The second kappa shape index (κ2) is 13.5. The molecule has 0 radical (unpaired) electrons. The van der Waals surface area contributed by atoms with E-state index in [9.17, 15) is 19.6 Å². The summed E-state index contributed by atoms with van der Waals surface area (Å²) in [5.41, 5.74) is 4.48. The lowest BCUT2D eigenvalue weighted by Crippen LogP contribution is -2.45. The number of methoxy groups -OCH3 is 1. The highest BCUT2D eigenvalue weighted by atomic mass is 31.2. The van der Waals surface area contributed by atoms with E-state index in [1.165, 1.54) is 24.9 Å². The van der Waals surface area contributed by atoms with Gasteiger partial charge in [0.2, 0.25) is 11.8 Å². The van der Waals surface area contributed by atoms with Crippen LogP contribution in [0.1, 0.15) is 47.8 Å². The number of nitrogens with two attached hydrogens (primary N) is 1. The standard InChI is InChI=1S/C31H42N7O9P/c1-17(2)21(27(40)44-15-30(3,4)5)37-48(42,47-19-12-8-10-18-11-9-13-33-22(18)19)45-14-20-24(39)31(6,41)28(46-20)38-16-34-23-25(38)35-29(32)36-26(23)43-7/h8-13,16-17,20-21,24,28,39,41H,14-15H2,1-7H3,(H,37,42)(H2,32,35,36)/t20-,21+,24-,28?,31-,48?/m1/s1. The van der Waals surface area contributed by atoms with Crippen molar-refractivity contribution in [3.63, 3.8) is 0 Å². The third-order valence-electron chi connectivity index (χ3n) is 7.70. The summed E-state index contributed by atoms with van der Waals surface area (Å²) in [5.74, 6) is -0.910. The largest absolute Gasteiger partial charge is 0.479 e. The van der Waals surface area contributed by atoms with Crippen molar-refractivity contribution in [3.05, 3.63) is 42.9 Å². The van der Waals surface area contributed by atoms with Crippen LogP contribution in [-0.2, 0) is 23.4 Å². The summed E-state index contributed by atoms with van der Waals surface area (Å²) in [6, 6.07) is 7.55. The molecule has 17 heteroatoms. The van der Waals surface area contributed by atoms with Gasteiger partial charge in [-0.3, -0.25) is 18.9 Å². The zero-order chi connectivity index (χ0) is 35.0. The van der Waals surface area contributed by atoms with Gasteiger partial charge in [-0.1, -0.05) is 52.8 Å². The number of carbonyl (C=O) groups excluding carboxylic acids is 1. The minimum Gasteiger partial charge on any atom is -0.479 e. The molecule has 48 heavy (non-hydrogen) atoms. The highest BCUT2D eigenvalue weighted by Crippen LogP contribution is 2.49. The number of hydrogen-bond acceptors (Lipinski definition) is 14. The lowest BCUT2D eigenvalue weighted by molar-refractivity contribution is -0.149. The normalized spacial score (nSPS) is 23.3. The van der Waals surface area contributed by atoms with Crippen molar-refractivity contribution < 1.29 is 42.8 Å². The van der Waals surface area contributed by atoms with Crippen molar-refractivity contribution in [3.8, 4) is 11.6 Å². The molecule has 5 rings (SSSR count). The Morgan fingerprint density at radius 2 is 1.92 bits per heavy atom. The molecule has 0 amide bonds. The number of anilines is 1. The van der Waals surface area contributed by atoms with Gasteiger partial charge in [-0.25, -0.2) is 9.55 Å². The molecule has 5 N–H and O–H groups in total. The quantitative estimate of drug-likeness (QED) is 0.124. The number of nitrogen functional groups attached to an aromatic ring is 1. The summed E-state index contributed by atoms with van der Waals surface area (Å²) in [6.07, 6.45) is -1.12. The van der Waals surface area contributed by atoms with Crippen LogP contribution in [0.25, 0.3) is 22.1 Å². The number of rotatable bonds is 12. The predicted octanol–water partition coefficient (Wildman–Crippen LogP) is 3.38. The monoisotopic (exact) mass is 687 g/mol. The first-order chi connectivity index (χ1) is 22.5. The molecule has 3 aromatic heterocycles. The number of nitrogens with one attached hydrogen (secondary N) is 1. The topological polar surface area (TPSA) is 215 Å². The van der Waals surface area contributed by atoms with Crippen LogP contribution in [0.15, 0.2) is 42.9 Å². The second-order valence-electron chi connectivity index (χ2n) is 13.3. The fourth-order valence-corrected chi connectivity index (χ4v) is 6.83. The van der Waals surface area contributed by atoms with Gasteiger partial charge in [-0.05, 0) is 30.4 Å². The molecule has 6 atom stereocenters. The Morgan fingerprint density at radius 3 is 2.60 bits per heavy atom. The maximum atomic E-state index is 14.6. The minimum atomic E-state index is -4.47. The molecule has 4 heterocycles. The highest BCUT2D eigenvalue weighted by Gasteiger charge is 2.54. The van der Waals surface area contributed by atoms with Crippen LogP contribution in [0.3, 0.4) is 0 Å². The lowest BCUT2D eigenvalue weighted by Gasteiger charge is -2.29. The van der Waals surface area contributed by atoms with Gasteiger partial charge in [0.05, 0.1) is 26.7 Å². The first-order valence-corrected chi connectivity index (χ1v) is 16.9. The first-order valence-electron chi connectivity index (χ1n) is 15.4. The Bertz CT molecular complexity index is 1820.